The molecule has 178 valence electrons. The van der Waals surface area contributed by atoms with Gasteiger partial charge in [0.1, 0.15) is 17.6 Å². The minimum Gasteiger partial charge on any atom is -0.497 e. The number of rotatable bonds is 7. The van der Waals surface area contributed by atoms with Crippen LogP contribution in [0.3, 0.4) is 0 Å². The molecule has 1 amide bonds. The van der Waals surface area contributed by atoms with Crippen molar-refractivity contribution in [3.8, 4) is 17.2 Å². The van der Waals surface area contributed by atoms with Crippen LogP contribution in [-0.2, 0) is 11.8 Å². The number of anilines is 1. The summed E-state index contributed by atoms with van der Waals surface area (Å²) in [4.78, 5) is 13.4. The zero-order valence-electron chi connectivity index (χ0n) is 19.3. The van der Waals surface area contributed by atoms with E-state index in [2.05, 4.69) is 15.5 Å². The van der Waals surface area contributed by atoms with Crippen molar-refractivity contribution in [3.05, 3.63) is 90.3 Å². The molecule has 0 aliphatic carbocycles. The molecule has 1 aliphatic heterocycles. The number of ether oxygens (including phenoxy) is 3. The number of para-hydroxylation sites is 2. The predicted molar refractivity (Wildman–Crippen MR) is 133 cm³/mol. The Morgan fingerprint density at radius 3 is 2.63 bits per heavy atom. The molecule has 1 aliphatic rings. The van der Waals surface area contributed by atoms with Gasteiger partial charge in [-0.2, -0.15) is 0 Å². The van der Waals surface area contributed by atoms with E-state index in [0.29, 0.717) is 40.5 Å². The summed E-state index contributed by atoms with van der Waals surface area (Å²) in [6.07, 6.45) is -0.405. The Morgan fingerprint density at radius 1 is 1.06 bits per heavy atom. The number of benzene rings is 3. The van der Waals surface area contributed by atoms with E-state index in [4.69, 9.17) is 14.2 Å². The first kappa shape index (κ1) is 22.8. The topological polar surface area (TPSA) is 87.5 Å². The quantitative estimate of drug-likeness (QED) is 0.374. The first-order chi connectivity index (χ1) is 17.1. The Morgan fingerprint density at radius 2 is 1.83 bits per heavy atom. The van der Waals surface area contributed by atoms with Gasteiger partial charge in [0.2, 0.25) is 5.91 Å². The van der Waals surface area contributed by atoms with Crippen molar-refractivity contribution in [2.75, 3.05) is 19.0 Å². The highest BCUT2D eigenvalue weighted by atomic mass is 32.2. The third kappa shape index (κ3) is 4.95. The molecule has 8 nitrogen and oxygen atoms in total. The zero-order valence-corrected chi connectivity index (χ0v) is 20.1. The maximum Gasteiger partial charge on any atom is 0.242 e. The highest BCUT2D eigenvalue weighted by molar-refractivity contribution is 8.00. The molecule has 4 aromatic rings. The lowest BCUT2D eigenvalue weighted by Gasteiger charge is -2.25. The molecule has 9 heteroatoms. The number of methoxy groups -OCH3 is 1. The molecule has 5 rings (SSSR count). The van der Waals surface area contributed by atoms with Gasteiger partial charge in [-0.3, -0.25) is 4.79 Å². The van der Waals surface area contributed by atoms with Gasteiger partial charge in [-0.25, -0.2) is 0 Å². The van der Waals surface area contributed by atoms with Crippen molar-refractivity contribution < 1.29 is 19.0 Å². The molecule has 0 spiro atoms. The van der Waals surface area contributed by atoms with Crippen molar-refractivity contribution in [1.29, 1.82) is 0 Å². The van der Waals surface area contributed by atoms with E-state index in [1.165, 1.54) is 11.8 Å². The maximum absolute atomic E-state index is 13.4. The number of hydrogen-bond acceptors (Lipinski definition) is 7. The summed E-state index contributed by atoms with van der Waals surface area (Å²) in [5.41, 5.74) is 1.51. The van der Waals surface area contributed by atoms with E-state index >= 15 is 0 Å². The van der Waals surface area contributed by atoms with Crippen molar-refractivity contribution in [1.82, 2.24) is 14.8 Å². The van der Waals surface area contributed by atoms with Crippen LogP contribution in [0.1, 0.15) is 22.7 Å². The summed E-state index contributed by atoms with van der Waals surface area (Å²) in [7, 11) is 3.46. The molecule has 0 saturated heterocycles. The average Bonchev–Trinajstić information content (AvgIpc) is 3.27. The molecule has 2 atom stereocenters. The fourth-order valence-electron chi connectivity index (χ4n) is 3.77. The molecule has 1 N–H and O–H groups in total. The molecule has 0 unspecified atom stereocenters. The molecule has 0 bridgehead atoms. The van der Waals surface area contributed by atoms with E-state index in [1.54, 1.807) is 13.2 Å². The second-order valence-electron chi connectivity index (χ2n) is 7.89. The lowest BCUT2D eigenvalue weighted by molar-refractivity contribution is -0.115. The van der Waals surface area contributed by atoms with E-state index < -0.39 is 11.4 Å². The highest BCUT2D eigenvalue weighted by Crippen LogP contribution is 2.38. The van der Waals surface area contributed by atoms with Crippen LogP contribution in [0.25, 0.3) is 0 Å². The van der Waals surface area contributed by atoms with Crippen LogP contribution in [0.2, 0.25) is 0 Å². The first-order valence-electron chi connectivity index (χ1n) is 11.1. The van der Waals surface area contributed by atoms with Crippen LogP contribution < -0.4 is 19.5 Å². The number of nitrogens with zero attached hydrogens (tertiary/aromatic N) is 3. The van der Waals surface area contributed by atoms with Crippen molar-refractivity contribution in [2.45, 2.75) is 16.5 Å². The number of aromatic nitrogens is 3. The molecule has 35 heavy (non-hydrogen) atoms. The molecule has 0 radical (unpaired) electrons. The van der Waals surface area contributed by atoms with Gasteiger partial charge in [0, 0.05) is 18.8 Å². The average molecular weight is 489 g/mol. The standard InChI is InChI=1S/C26H24N4O4S/c1-30-24(22-16-33-20-13-6-7-14-21(20)34-22)28-29-26(30)35-23(17-9-4-3-5-10-17)25(31)27-18-11-8-12-19(15-18)32-2/h3-15,22-23H,16H2,1-2H3,(H,27,31)/t22-,23-/m1/s1. The minimum atomic E-state index is -0.553. The van der Waals surface area contributed by atoms with E-state index in [9.17, 15) is 4.79 Å². The van der Waals surface area contributed by atoms with Crippen molar-refractivity contribution >= 4 is 23.4 Å². The van der Waals surface area contributed by atoms with Gasteiger partial charge in [0.25, 0.3) is 0 Å². The Bertz CT molecular complexity index is 1330. The summed E-state index contributed by atoms with van der Waals surface area (Å²) in [6.45, 7) is 0.325. The van der Waals surface area contributed by atoms with Crippen LogP contribution >= 0.6 is 11.8 Å². The number of nitrogens with one attached hydrogen (secondary N) is 1. The van der Waals surface area contributed by atoms with E-state index in [0.717, 1.165) is 5.56 Å². The normalized spacial score (nSPS) is 15.3. The number of amides is 1. The van der Waals surface area contributed by atoms with Gasteiger partial charge in [0.15, 0.2) is 28.6 Å². The van der Waals surface area contributed by atoms with Crippen LogP contribution in [-0.4, -0.2) is 34.4 Å². The number of carbonyl (C=O) groups excluding carboxylic acids is 1. The minimum absolute atomic E-state index is 0.176. The smallest absolute Gasteiger partial charge is 0.242 e. The largest absolute Gasteiger partial charge is 0.497 e. The molecular weight excluding hydrogens is 464 g/mol. The van der Waals surface area contributed by atoms with Gasteiger partial charge in [-0.1, -0.05) is 60.3 Å². The van der Waals surface area contributed by atoms with Crippen molar-refractivity contribution in [3.63, 3.8) is 0 Å². The number of carbonyl (C=O) groups is 1. The maximum atomic E-state index is 13.4. The summed E-state index contributed by atoms with van der Waals surface area (Å²) in [5.74, 6) is 2.49. The Balaban J connectivity index is 1.38. The Hall–Kier alpha value is -3.98. The van der Waals surface area contributed by atoms with Crippen LogP contribution in [0.5, 0.6) is 17.2 Å². The van der Waals surface area contributed by atoms with Crippen LogP contribution in [0.4, 0.5) is 5.69 Å². The third-order valence-electron chi connectivity index (χ3n) is 5.57. The monoisotopic (exact) mass is 488 g/mol. The molecule has 1 aromatic heterocycles. The Kier molecular flexibility index (Phi) is 6.58. The molecule has 0 fully saturated rings. The summed E-state index contributed by atoms with van der Waals surface area (Å²) in [6, 6.07) is 24.4. The first-order valence-corrected chi connectivity index (χ1v) is 11.9. The number of hydrogen-bond donors (Lipinski definition) is 1. The van der Waals surface area contributed by atoms with E-state index in [-0.39, 0.29) is 5.91 Å². The van der Waals surface area contributed by atoms with Gasteiger partial charge in [-0.15, -0.1) is 10.2 Å². The van der Waals surface area contributed by atoms with Gasteiger partial charge >= 0.3 is 0 Å². The lowest BCUT2D eigenvalue weighted by atomic mass is 10.1. The third-order valence-corrected chi connectivity index (χ3v) is 6.85. The van der Waals surface area contributed by atoms with Crippen LogP contribution in [0.15, 0.2) is 84.0 Å². The molecule has 3 aromatic carbocycles. The fourth-order valence-corrected chi connectivity index (χ4v) is 4.78. The summed E-state index contributed by atoms with van der Waals surface area (Å²) >= 11 is 1.33. The van der Waals surface area contributed by atoms with Gasteiger partial charge in [-0.05, 0) is 29.8 Å². The highest BCUT2D eigenvalue weighted by Gasteiger charge is 2.30. The molecule has 0 saturated carbocycles. The SMILES string of the molecule is COc1cccc(NC(=O)[C@H](Sc2nnc([C@H]3COc4ccccc4O3)n2C)c2ccccc2)c1. The van der Waals surface area contributed by atoms with Gasteiger partial charge in [0.05, 0.1) is 7.11 Å². The predicted octanol–water partition coefficient (Wildman–Crippen LogP) is 4.81. The summed E-state index contributed by atoms with van der Waals surface area (Å²) < 4.78 is 19.1. The zero-order chi connectivity index (χ0) is 24.2. The number of fused-ring (bicyclic) bond motifs is 1. The lowest BCUT2D eigenvalue weighted by Crippen LogP contribution is -2.24. The fraction of sp³-hybridized carbons (Fsp3) is 0.192. The van der Waals surface area contributed by atoms with Crippen molar-refractivity contribution in [2.24, 2.45) is 7.05 Å². The second-order valence-corrected chi connectivity index (χ2v) is 8.97. The number of thioether (sulfide) groups is 1. The van der Waals surface area contributed by atoms with Crippen LogP contribution in [0, 0.1) is 0 Å². The van der Waals surface area contributed by atoms with E-state index in [1.807, 2.05) is 84.4 Å². The van der Waals surface area contributed by atoms with Gasteiger partial charge < -0.3 is 24.1 Å². The second kappa shape index (κ2) is 10.1. The Labute approximate surface area is 207 Å². The molecular formula is C26H24N4O4S. The molecule has 2 heterocycles. The summed E-state index contributed by atoms with van der Waals surface area (Å²) in [5, 5.41) is 11.8.